The topological polar surface area (TPSA) is 18.5 Å². The smallest absolute Gasteiger partial charge is 0.127 e. The lowest BCUT2D eigenvalue weighted by atomic mass is 9.99. The predicted molar refractivity (Wildman–Crippen MR) is 83.7 cm³/mol. The Balaban J connectivity index is 2.55. The van der Waals surface area contributed by atoms with E-state index in [0.29, 0.717) is 0 Å². The number of hydrogen-bond acceptors (Lipinski definition) is 2. The summed E-state index contributed by atoms with van der Waals surface area (Å²) in [5.74, 6) is 1.79. The van der Waals surface area contributed by atoms with Gasteiger partial charge in [0.25, 0.3) is 0 Å². The van der Waals surface area contributed by atoms with Gasteiger partial charge in [0.2, 0.25) is 0 Å². The van der Waals surface area contributed by atoms with Crippen LogP contribution in [0.3, 0.4) is 0 Å². The predicted octanol–water partition coefficient (Wildman–Crippen LogP) is 4.50. The van der Waals surface area contributed by atoms with Gasteiger partial charge < -0.3 is 9.47 Å². The highest BCUT2D eigenvalue weighted by molar-refractivity contribution is 5.76. The van der Waals surface area contributed by atoms with Crippen molar-refractivity contribution in [3.8, 4) is 22.6 Å². The van der Waals surface area contributed by atoms with E-state index in [1.54, 1.807) is 14.2 Å². The molecule has 0 heterocycles. The van der Waals surface area contributed by atoms with E-state index in [9.17, 15) is 0 Å². The zero-order valence-corrected chi connectivity index (χ0v) is 12.7. The summed E-state index contributed by atoms with van der Waals surface area (Å²) in [4.78, 5) is 0. The van der Waals surface area contributed by atoms with Crippen LogP contribution in [0.2, 0.25) is 0 Å². The Bertz CT molecular complexity index is 534. The SMILES string of the molecule is CCc1ccc(-c2ccc(CC)cc2OC)c(OC)c1. The molecule has 0 aliphatic carbocycles. The van der Waals surface area contributed by atoms with Crippen molar-refractivity contribution >= 4 is 0 Å². The Morgan fingerprint density at radius 3 is 1.40 bits per heavy atom. The van der Waals surface area contributed by atoms with Crippen molar-refractivity contribution in [3.05, 3.63) is 47.5 Å². The second-order valence-corrected chi connectivity index (χ2v) is 4.78. The average Bonchev–Trinajstić information content (AvgIpc) is 2.53. The fraction of sp³-hybridized carbons (Fsp3) is 0.333. The Hall–Kier alpha value is -1.96. The van der Waals surface area contributed by atoms with Gasteiger partial charge in [-0.2, -0.15) is 0 Å². The molecule has 0 bridgehead atoms. The molecular weight excluding hydrogens is 248 g/mol. The van der Waals surface area contributed by atoms with Crippen LogP contribution in [-0.2, 0) is 12.8 Å². The molecule has 0 radical (unpaired) electrons. The molecule has 20 heavy (non-hydrogen) atoms. The molecule has 2 aromatic carbocycles. The number of benzene rings is 2. The zero-order chi connectivity index (χ0) is 14.5. The quantitative estimate of drug-likeness (QED) is 0.796. The van der Waals surface area contributed by atoms with Crippen LogP contribution in [-0.4, -0.2) is 14.2 Å². The number of aryl methyl sites for hydroxylation is 2. The average molecular weight is 270 g/mol. The maximum atomic E-state index is 5.54. The number of hydrogen-bond donors (Lipinski definition) is 0. The summed E-state index contributed by atoms with van der Waals surface area (Å²) >= 11 is 0. The van der Waals surface area contributed by atoms with Crippen LogP contribution in [0, 0.1) is 0 Å². The largest absolute Gasteiger partial charge is 0.496 e. The highest BCUT2D eigenvalue weighted by Gasteiger charge is 2.12. The summed E-state index contributed by atoms with van der Waals surface area (Å²) in [5.41, 5.74) is 4.69. The van der Waals surface area contributed by atoms with Crippen molar-refractivity contribution in [2.45, 2.75) is 26.7 Å². The van der Waals surface area contributed by atoms with Gasteiger partial charge in [-0.3, -0.25) is 0 Å². The molecule has 0 N–H and O–H groups in total. The van der Waals surface area contributed by atoms with Crippen molar-refractivity contribution in [3.63, 3.8) is 0 Å². The monoisotopic (exact) mass is 270 g/mol. The normalized spacial score (nSPS) is 10.4. The van der Waals surface area contributed by atoms with E-state index in [0.717, 1.165) is 35.5 Å². The van der Waals surface area contributed by atoms with Crippen LogP contribution >= 0.6 is 0 Å². The number of rotatable bonds is 5. The van der Waals surface area contributed by atoms with Crippen molar-refractivity contribution in [2.24, 2.45) is 0 Å². The summed E-state index contributed by atoms with van der Waals surface area (Å²) in [6, 6.07) is 12.7. The molecular formula is C18H22O2. The molecule has 0 aromatic heterocycles. The summed E-state index contributed by atoms with van der Waals surface area (Å²) in [6.45, 7) is 4.29. The van der Waals surface area contributed by atoms with E-state index in [2.05, 4.69) is 50.2 Å². The highest BCUT2D eigenvalue weighted by atomic mass is 16.5. The van der Waals surface area contributed by atoms with Gasteiger partial charge in [0.05, 0.1) is 14.2 Å². The summed E-state index contributed by atoms with van der Waals surface area (Å²) in [5, 5.41) is 0. The molecule has 0 aliphatic rings. The molecule has 0 fully saturated rings. The molecule has 2 aromatic rings. The van der Waals surface area contributed by atoms with E-state index in [-0.39, 0.29) is 0 Å². The summed E-state index contributed by atoms with van der Waals surface area (Å²) in [6.07, 6.45) is 2.01. The molecule has 0 amide bonds. The fourth-order valence-electron chi connectivity index (χ4n) is 2.36. The first kappa shape index (κ1) is 14.4. The van der Waals surface area contributed by atoms with Gasteiger partial charge in [0.15, 0.2) is 0 Å². The molecule has 106 valence electrons. The van der Waals surface area contributed by atoms with Gasteiger partial charge in [-0.25, -0.2) is 0 Å². The van der Waals surface area contributed by atoms with Gasteiger partial charge in [-0.05, 0) is 36.1 Å². The van der Waals surface area contributed by atoms with Crippen molar-refractivity contribution in [1.82, 2.24) is 0 Å². The first-order valence-corrected chi connectivity index (χ1v) is 7.07. The van der Waals surface area contributed by atoms with E-state index in [1.807, 2.05) is 0 Å². The van der Waals surface area contributed by atoms with Crippen LogP contribution < -0.4 is 9.47 Å². The first-order valence-electron chi connectivity index (χ1n) is 7.07. The van der Waals surface area contributed by atoms with E-state index in [4.69, 9.17) is 9.47 Å². The minimum Gasteiger partial charge on any atom is -0.496 e. The number of methoxy groups -OCH3 is 2. The lowest BCUT2D eigenvalue weighted by Crippen LogP contribution is -1.94. The van der Waals surface area contributed by atoms with E-state index < -0.39 is 0 Å². The van der Waals surface area contributed by atoms with Crippen molar-refractivity contribution in [2.75, 3.05) is 14.2 Å². The molecule has 0 saturated heterocycles. The van der Waals surface area contributed by atoms with Crippen LogP contribution in [0.5, 0.6) is 11.5 Å². The molecule has 0 saturated carbocycles. The molecule has 0 unspecified atom stereocenters. The van der Waals surface area contributed by atoms with Crippen LogP contribution in [0.1, 0.15) is 25.0 Å². The second-order valence-electron chi connectivity index (χ2n) is 4.78. The Labute approximate surface area is 121 Å². The van der Waals surface area contributed by atoms with E-state index >= 15 is 0 Å². The van der Waals surface area contributed by atoms with Gasteiger partial charge in [0, 0.05) is 11.1 Å². The zero-order valence-electron chi connectivity index (χ0n) is 12.7. The number of ether oxygens (including phenoxy) is 2. The maximum absolute atomic E-state index is 5.54. The fourth-order valence-corrected chi connectivity index (χ4v) is 2.36. The Morgan fingerprint density at radius 2 is 1.10 bits per heavy atom. The third kappa shape index (κ3) is 2.79. The van der Waals surface area contributed by atoms with Crippen molar-refractivity contribution in [1.29, 1.82) is 0 Å². The molecule has 0 spiro atoms. The minimum absolute atomic E-state index is 0.895. The summed E-state index contributed by atoms with van der Waals surface area (Å²) < 4.78 is 11.1. The molecule has 2 heteroatoms. The van der Waals surface area contributed by atoms with Crippen LogP contribution in [0.15, 0.2) is 36.4 Å². The maximum Gasteiger partial charge on any atom is 0.127 e. The third-order valence-electron chi connectivity index (χ3n) is 3.64. The molecule has 2 rings (SSSR count). The third-order valence-corrected chi connectivity index (χ3v) is 3.64. The van der Waals surface area contributed by atoms with Gasteiger partial charge >= 0.3 is 0 Å². The molecule has 0 aliphatic heterocycles. The molecule has 0 atom stereocenters. The van der Waals surface area contributed by atoms with Crippen LogP contribution in [0.4, 0.5) is 0 Å². The van der Waals surface area contributed by atoms with Crippen molar-refractivity contribution < 1.29 is 9.47 Å². The molecule has 2 nitrogen and oxygen atoms in total. The Morgan fingerprint density at radius 1 is 0.700 bits per heavy atom. The lowest BCUT2D eigenvalue weighted by molar-refractivity contribution is 0.410. The Kier molecular flexibility index (Phi) is 4.67. The highest BCUT2D eigenvalue weighted by Crippen LogP contribution is 2.37. The first-order chi connectivity index (χ1) is 9.73. The minimum atomic E-state index is 0.895. The van der Waals surface area contributed by atoms with Gasteiger partial charge in [-0.15, -0.1) is 0 Å². The lowest BCUT2D eigenvalue weighted by Gasteiger charge is -2.14. The van der Waals surface area contributed by atoms with Gasteiger partial charge in [-0.1, -0.05) is 38.1 Å². The van der Waals surface area contributed by atoms with Crippen LogP contribution in [0.25, 0.3) is 11.1 Å². The second kappa shape index (κ2) is 6.47. The summed E-state index contributed by atoms with van der Waals surface area (Å²) in [7, 11) is 3.43. The van der Waals surface area contributed by atoms with Gasteiger partial charge in [0.1, 0.15) is 11.5 Å². The van der Waals surface area contributed by atoms with E-state index in [1.165, 1.54) is 11.1 Å². The standard InChI is InChI=1S/C18H22O2/c1-5-13-7-9-15(17(11-13)19-3)16-10-8-14(6-2)12-18(16)20-4/h7-12H,5-6H2,1-4H3.